The van der Waals surface area contributed by atoms with Gasteiger partial charge in [-0.3, -0.25) is 4.79 Å². The lowest BCUT2D eigenvalue weighted by atomic mass is 9.67. The molecule has 0 amide bonds. The summed E-state index contributed by atoms with van der Waals surface area (Å²) in [6.45, 7) is 2.61. The molecule has 0 bridgehead atoms. The second kappa shape index (κ2) is 7.52. The third kappa shape index (κ3) is 3.25. The van der Waals surface area contributed by atoms with Gasteiger partial charge in [0.25, 0.3) is 0 Å². The van der Waals surface area contributed by atoms with Crippen molar-refractivity contribution in [1.82, 2.24) is 24.4 Å². The molecule has 0 aromatic carbocycles. The Hall–Kier alpha value is -2.28. The molecule has 0 N–H and O–H groups in total. The van der Waals surface area contributed by atoms with E-state index in [2.05, 4.69) is 26.5 Å². The number of ketones is 1. The van der Waals surface area contributed by atoms with Gasteiger partial charge < -0.3 is 14.2 Å². The maximum absolute atomic E-state index is 12.9. The van der Waals surface area contributed by atoms with Crippen LogP contribution >= 0.6 is 0 Å². The van der Waals surface area contributed by atoms with E-state index >= 15 is 0 Å². The zero-order valence-electron chi connectivity index (χ0n) is 17.1. The van der Waals surface area contributed by atoms with Crippen LogP contribution in [0.3, 0.4) is 0 Å². The van der Waals surface area contributed by atoms with E-state index in [0.717, 1.165) is 68.8 Å². The predicted octanol–water partition coefficient (Wildman–Crippen LogP) is 2.99. The maximum Gasteiger partial charge on any atom is 0.317 e. The highest BCUT2D eigenvalue weighted by Gasteiger charge is 2.45. The molecule has 2 fully saturated rings. The fraction of sp³-hybridized carbons (Fsp3) is 0.636. The summed E-state index contributed by atoms with van der Waals surface area (Å²) in [4.78, 5) is 28.9. The molecule has 2 aliphatic heterocycles. The molecule has 5 rings (SSSR count). The van der Waals surface area contributed by atoms with Crippen LogP contribution in [0.15, 0.2) is 18.5 Å². The van der Waals surface area contributed by atoms with Gasteiger partial charge in [0, 0.05) is 31.4 Å². The van der Waals surface area contributed by atoms with Gasteiger partial charge >= 0.3 is 6.01 Å². The van der Waals surface area contributed by atoms with Crippen molar-refractivity contribution in [1.29, 1.82) is 0 Å². The van der Waals surface area contributed by atoms with Crippen LogP contribution in [0.25, 0.3) is 11.5 Å². The Balaban J connectivity index is 1.41. The molecule has 7 heteroatoms. The van der Waals surface area contributed by atoms with Crippen LogP contribution in [0.5, 0.6) is 6.01 Å². The molecule has 1 saturated heterocycles. The molecule has 2 aromatic heterocycles. The first-order valence-corrected chi connectivity index (χ1v) is 10.9. The molecule has 3 aliphatic rings. The number of likely N-dealkylation sites (N-methyl/N-ethyl adjacent to an activating group) is 1. The minimum Gasteiger partial charge on any atom is -0.462 e. The lowest BCUT2D eigenvalue weighted by Crippen LogP contribution is -2.43. The van der Waals surface area contributed by atoms with E-state index in [-0.39, 0.29) is 5.41 Å². The first-order valence-electron chi connectivity index (χ1n) is 10.9. The van der Waals surface area contributed by atoms with Crippen LogP contribution in [-0.4, -0.2) is 56.4 Å². The number of imidazole rings is 1. The van der Waals surface area contributed by atoms with E-state index in [4.69, 9.17) is 9.72 Å². The van der Waals surface area contributed by atoms with E-state index in [1.165, 1.54) is 6.42 Å². The van der Waals surface area contributed by atoms with Crippen molar-refractivity contribution in [2.24, 2.45) is 0 Å². The number of fused-ring (bicyclic) bond motifs is 2. The monoisotopic (exact) mass is 395 g/mol. The number of likely N-dealkylation sites (tertiary alicyclic amines) is 1. The summed E-state index contributed by atoms with van der Waals surface area (Å²) in [6, 6.07) is 2.71. The second-order valence-electron chi connectivity index (χ2n) is 8.75. The fourth-order valence-electron chi connectivity index (χ4n) is 5.38. The molecule has 2 unspecified atom stereocenters. The van der Waals surface area contributed by atoms with E-state index in [0.29, 0.717) is 30.9 Å². The minimum atomic E-state index is -0.332. The molecular formula is C22H29N5O2. The second-order valence-corrected chi connectivity index (χ2v) is 8.75. The third-order valence-corrected chi connectivity index (χ3v) is 7.06. The Morgan fingerprint density at radius 3 is 2.90 bits per heavy atom. The number of hydrogen-bond acceptors (Lipinski definition) is 6. The summed E-state index contributed by atoms with van der Waals surface area (Å²) in [7, 11) is 2.14. The lowest BCUT2D eigenvalue weighted by Gasteiger charge is -2.39. The summed E-state index contributed by atoms with van der Waals surface area (Å²) in [5.41, 5.74) is 1.51. The Morgan fingerprint density at radius 2 is 2.07 bits per heavy atom. The fourth-order valence-corrected chi connectivity index (χ4v) is 5.38. The van der Waals surface area contributed by atoms with Crippen molar-refractivity contribution in [3.63, 3.8) is 0 Å². The van der Waals surface area contributed by atoms with Gasteiger partial charge in [0.15, 0.2) is 5.82 Å². The molecule has 2 atom stereocenters. The summed E-state index contributed by atoms with van der Waals surface area (Å²) in [5, 5.41) is 0. The molecule has 4 heterocycles. The molecule has 7 nitrogen and oxygen atoms in total. The van der Waals surface area contributed by atoms with E-state index in [1.807, 2.05) is 12.3 Å². The van der Waals surface area contributed by atoms with Crippen LogP contribution < -0.4 is 4.74 Å². The molecular weight excluding hydrogens is 366 g/mol. The smallest absolute Gasteiger partial charge is 0.317 e. The van der Waals surface area contributed by atoms with Crippen molar-refractivity contribution in [2.45, 2.75) is 69.4 Å². The number of ether oxygens (including phenoxy) is 1. The third-order valence-electron chi connectivity index (χ3n) is 7.06. The van der Waals surface area contributed by atoms with E-state index < -0.39 is 0 Å². The van der Waals surface area contributed by atoms with Gasteiger partial charge in [-0.15, -0.1) is 0 Å². The van der Waals surface area contributed by atoms with Gasteiger partial charge in [-0.25, -0.2) is 9.97 Å². The van der Waals surface area contributed by atoms with Crippen molar-refractivity contribution in [3.05, 3.63) is 24.2 Å². The summed E-state index contributed by atoms with van der Waals surface area (Å²) in [5.74, 6) is 1.21. The highest BCUT2D eigenvalue weighted by molar-refractivity contribution is 5.90. The number of nitrogens with zero attached hydrogens (tertiary/aromatic N) is 5. The molecule has 1 aliphatic carbocycles. The maximum atomic E-state index is 12.9. The number of carbonyl (C=O) groups excluding carboxylic acids is 1. The number of Topliss-reactive ketones (excluding diaryl/α,β-unsaturated/α-hetero) is 1. The van der Waals surface area contributed by atoms with E-state index in [9.17, 15) is 4.79 Å². The zero-order chi connectivity index (χ0) is 19.8. The van der Waals surface area contributed by atoms with Crippen LogP contribution in [-0.2, 0) is 16.8 Å². The highest BCUT2D eigenvalue weighted by Crippen LogP contribution is 2.44. The van der Waals surface area contributed by atoms with Gasteiger partial charge in [-0.2, -0.15) is 4.98 Å². The first kappa shape index (κ1) is 18.7. The summed E-state index contributed by atoms with van der Waals surface area (Å²) < 4.78 is 8.13. The number of hydrogen-bond donors (Lipinski definition) is 0. The van der Waals surface area contributed by atoms with Crippen molar-refractivity contribution in [3.8, 4) is 17.5 Å². The minimum absolute atomic E-state index is 0.332. The van der Waals surface area contributed by atoms with Crippen molar-refractivity contribution < 1.29 is 9.53 Å². The number of rotatable bonds is 4. The predicted molar refractivity (Wildman–Crippen MR) is 109 cm³/mol. The highest BCUT2D eigenvalue weighted by atomic mass is 16.5. The van der Waals surface area contributed by atoms with Gasteiger partial charge in [-0.05, 0) is 58.2 Å². The average molecular weight is 396 g/mol. The van der Waals surface area contributed by atoms with Crippen LogP contribution in [0.1, 0.15) is 57.1 Å². The first-order chi connectivity index (χ1) is 14.2. The molecule has 1 spiro atoms. The topological polar surface area (TPSA) is 73.1 Å². The number of carbonyl (C=O) groups is 1. The normalized spacial score (nSPS) is 27.3. The van der Waals surface area contributed by atoms with Crippen LogP contribution in [0.2, 0.25) is 0 Å². The Morgan fingerprint density at radius 1 is 1.17 bits per heavy atom. The Labute approximate surface area is 171 Å². The quantitative estimate of drug-likeness (QED) is 0.792. The largest absolute Gasteiger partial charge is 0.462 e. The summed E-state index contributed by atoms with van der Waals surface area (Å²) in [6.07, 6.45) is 11.7. The SMILES string of the molecule is CN1CCCC1COc1nccc(-c2ncc3n2CCCC32CCCCC2=O)n1. The molecule has 2 aromatic rings. The Bertz CT molecular complexity index is 910. The molecule has 1 saturated carbocycles. The standard InChI is InChI=1S/C22H29N5O2/c1-26-12-4-6-16(26)15-29-21-23-11-8-17(25-21)20-24-14-18-22(10-5-13-27(18)20)9-3-2-7-19(22)28/h8,11,14,16H,2-7,9-10,12-13,15H2,1H3. The summed E-state index contributed by atoms with van der Waals surface area (Å²) >= 11 is 0. The van der Waals surface area contributed by atoms with Gasteiger partial charge in [0.2, 0.25) is 0 Å². The van der Waals surface area contributed by atoms with Gasteiger partial charge in [0.05, 0.1) is 11.1 Å². The molecule has 0 radical (unpaired) electrons. The molecule has 29 heavy (non-hydrogen) atoms. The van der Waals surface area contributed by atoms with E-state index in [1.54, 1.807) is 6.20 Å². The van der Waals surface area contributed by atoms with Gasteiger partial charge in [0.1, 0.15) is 18.1 Å². The van der Waals surface area contributed by atoms with Crippen molar-refractivity contribution >= 4 is 5.78 Å². The van der Waals surface area contributed by atoms with Gasteiger partial charge in [-0.1, -0.05) is 6.42 Å². The Kier molecular flexibility index (Phi) is 4.86. The van der Waals surface area contributed by atoms with Crippen molar-refractivity contribution in [2.75, 3.05) is 20.2 Å². The number of aromatic nitrogens is 4. The lowest BCUT2D eigenvalue weighted by molar-refractivity contribution is -0.127. The van der Waals surface area contributed by atoms with Crippen LogP contribution in [0.4, 0.5) is 0 Å². The average Bonchev–Trinajstić information content (AvgIpc) is 3.36. The zero-order valence-corrected chi connectivity index (χ0v) is 17.1. The molecule has 154 valence electrons. The van der Waals surface area contributed by atoms with Crippen LogP contribution in [0, 0.1) is 0 Å².